The van der Waals surface area contributed by atoms with Gasteiger partial charge in [0.2, 0.25) is 6.79 Å². The average molecular weight is 516 g/mol. The van der Waals surface area contributed by atoms with Crippen molar-refractivity contribution in [1.82, 2.24) is 5.43 Å². The summed E-state index contributed by atoms with van der Waals surface area (Å²) in [5.74, 6) is 0.592. The Labute approximate surface area is 193 Å². The Morgan fingerprint density at radius 1 is 1.03 bits per heavy atom. The SMILES string of the molecule is O=C(CN(c1ccccc1)S(=O)(=O)c1ccccc1)N/N=C\c1cc2c(cc1Br)OCO2. The first-order chi connectivity index (χ1) is 15.4. The van der Waals surface area contributed by atoms with E-state index in [1.54, 1.807) is 60.7 Å². The maximum atomic E-state index is 13.2. The number of carbonyl (C=O) groups excluding carboxylic acids is 1. The second kappa shape index (κ2) is 9.41. The van der Waals surface area contributed by atoms with Crippen LogP contribution in [0, 0.1) is 0 Å². The van der Waals surface area contributed by atoms with Gasteiger partial charge in [0.05, 0.1) is 16.8 Å². The van der Waals surface area contributed by atoms with E-state index in [1.807, 2.05) is 0 Å². The van der Waals surface area contributed by atoms with Gasteiger partial charge in [0.15, 0.2) is 11.5 Å². The Balaban J connectivity index is 1.52. The molecule has 0 unspecified atom stereocenters. The summed E-state index contributed by atoms with van der Waals surface area (Å²) >= 11 is 3.41. The Morgan fingerprint density at radius 3 is 2.34 bits per heavy atom. The van der Waals surface area contributed by atoms with E-state index >= 15 is 0 Å². The van der Waals surface area contributed by atoms with Crippen molar-refractivity contribution in [3.8, 4) is 11.5 Å². The molecule has 1 aliphatic heterocycles. The third-order valence-corrected chi connectivity index (χ3v) is 7.02. The highest BCUT2D eigenvalue weighted by atomic mass is 79.9. The molecule has 0 bridgehead atoms. The number of nitrogens with one attached hydrogen (secondary N) is 1. The molecule has 10 heteroatoms. The summed E-state index contributed by atoms with van der Waals surface area (Å²) in [7, 11) is -3.96. The lowest BCUT2D eigenvalue weighted by Crippen LogP contribution is -2.39. The summed E-state index contributed by atoms with van der Waals surface area (Å²) in [5, 5.41) is 3.96. The van der Waals surface area contributed by atoms with Crippen molar-refractivity contribution < 1.29 is 22.7 Å². The molecule has 0 spiro atoms. The summed E-state index contributed by atoms with van der Waals surface area (Å²) in [4.78, 5) is 12.7. The van der Waals surface area contributed by atoms with Gasteiger partial charge < -0.3 is 9.47 Å². The number of rotatable bonds is 7. The standard InChI is InChI=1S/C22H18BrN3O5S/c23-19-12-21-20(30-15-31-21)11-16(19)13-24-25-22(27)14-26(17-7-3-1-4-8-17)32(28,29)18-9-5-2-6-10-18/h1-13H,14-15H2,(H,25,27)/b24-13-. The summed E-state index contributed by atoms with van der Waals surface area (Å²) in [6.45, 7) is -0.300. The molecule has 0 fully saturated rings. The third kappa shape index (κ3) is 4.76. The van der Waals surface area contributed by atoms with Crippen molar-refractivity contribution in [3.63, 3.8) is 0 Å². The molecule has 164 valence electrons. The molecule has 0 radical (unpaired) electrons. The van der Waals surface area contributed by atoms with Gasteiger partial charge in [0, 0.05) is 10.0 Å². The van der Waals surface area contributed by atoms with Crippen molar-refractivity contribution in [2.24, 2.45) is 5.10 Å². The van der Waals surface area contributed by atoms with E-state index in [1.165, 1.54) is 18.3 Å². The number of amides is 1. The third-order valence-electron chi connectivity index (χ3n) is 4.55. The fraction of sp³-hybridized carbons (Fsp3) is 0.0909. The van der Waals surface area contributed by atoms with Crippen molar-refractivity contribution in [3.05, 3.63) is 82.8 Å². The molecule has 1 heterocycles. The highest BCUT2D eigenvalue weighted by molar-refractivity contribution is 9.10. The van der Waals surface area contributed by atoms with Crippen LogP contribution in [0.3, 0.4) is 0 Å². The van der Waals surface area contributed by atoms with Gasteiger partial charge >= 0.3 is 0 Å². The van der Waals surface area contributed by atoms with E-state index in [2.05, 4.69) is 26.5 Å². The van der Waals surface area contributed by atoms with Crippen LogP contribution in [-0.4, -0.2) is 33.9 Å². The first kappa shape index (κ1) is 21.8. The number of para-hydroxylation sites is 1. The second-order valence-electron chi connectivity index (χ2n) is 6.68. The maximum absolute atomic E-state index is 13.2. The largest absolute Gasteiger partial charge is 0.454 e. The maximum Gasteiger partial charge on any atom is 0.264 e. The van der Waals surface area contributed by atoms with E-state index in [0.717, 1.165) is 4.31 Å². The number of nitrogens with zero attached hydrogens (tertiary/aromatic N) is 2. The molecule has 8 nitrogen and oxygen atoms in total. The lowest BCUT2D eigenvalue weighted by Gasteiger charge is -2.23. The van der Waals surface area contributed by atoms with Gasteiger partial charge in [0.1, 0.15) is 6.54 Å². The zero-order valence-electron chi connectivity index (χ0n) is 16.6. The number of anilines is 1. The van der Waals surface area contributed by atoms with Crippen molar-refractivity contribution >= 4 is 43.8 Å². The van der Waals surface area contributed by atoms with E-state index in [-0.39, 0.29) is 11.7 Å². The van der Waals surface area contributed by atoms with E-state index < -0.39 is 22.5 Å². The van der Waals surface area contributed by atoms with E-state index in [4.69, 9.17) is 9.47 Å². The van der Waals surface area contributed by atoms with Crippen LogP contribution in [-0.2, 0) is 14.8 Å². The predicted octanol–water partition coefficient (Wildman–Crippen LogP) is 3.52. The molecular weight excluding hydrogens is 498 g/mol. The van der Waals surface area contributed by atoms with Gasteiger partial charge in [-0.25, -0.2) is 13.8 Å². The zero-order chi connectivity index (χ0) is 22.6. The molecule has 32 heavy (non-hydrogen) atoms. The molecule has 1 amide bonds. The Hall–Kier alpha value is -3.37. The molecule has 0 saturated heterocycles. The Bertz CT molecular complexity index is 1250. The fourth-order valence-corrected chi connectivity index (χ4v) is 4.87. The number of hydrogen-bond donors (Lipinski definition) is 1. The molecular formula is C22H18BrN3O5S. The summed E-state index contributed by atoms with van der Waals surface area (Å²) in [6.07, 6.45) is 1.43. The number of carbonyl (C=O) groups is 1. The number of hydrogen-bond acceptors (Lipinski definition) is 6. The topological polar surface area (TPSA) is 97.3 Å². The number of hydrazone groups is 1. The van der Waals surface area contributed by atoms with Crippen LogP contribution in [0.5, 0.6) is 11.5 Å². The minimum atomic E-state index is -3.96. The van der Waals surface area contributed by atoms with Crippen LogP contribution in [0.1, 0.15) is 5.56 Å². The van der Waals surface area contributed by atoms with Crippen LogP contribution >= 0.6 is 15.9 Å². The highest BCUT2D eigenvalue weighted by Gasteiger charge is 2.26. The minimum absolute atomic E-state index is 0.0874. The monoisotopic (exact) mass is 515 g/mol. The molecule has 0 saturated carbocycles. The molecule has 1 aliphatic rings. The van der Waals surface area contributed by atoms with Crippen LogP contribution in [0.4, 0.5) is 5.69 Å². The van der Waals surface area contributed by atoms with Crippen molar-refractivity contribution in [2.45, 2.75) is 4.90 Å². The predicted molar refractivity (Wildman–Crippen MR) is 123 cm³/mol. The lowest BCUT2D eigenvalue weighted by molar-refractivity contribution is -0.119. The molecule has 3 aromatic carbocycles. The molecule has 1 N–H and O–H groups in total. The smallest absolute Gasteiger partial charge is 0.264 e. The van der Waals surface area contributed by atoms with Crippen LogP contribution in [0.25, 0.3) is 0 Å². The first-order valence-corrected chi connectivity index (χ1v) is 11.7. The van der Waals surface area contributed by atoms with E-state index in [9.17, 15) is 13.2 Å². The quantitative estimate of drug-likeness (QED) is 0.383. The molecule has 0 aromatic heterocycles. The minimum Gasteiger partial charge on any atom is -0.454 e. The average Bonchev–Trinajstić information content (AvgIpc) is 3.25. The fourth-order valence-electron chi connectivity index (χ4n) is 3.00. The lowest BCUT2D eigenvalue weighted by atomic mass is 10.2. The number of benzene rings is 3. The van der Waals surface area contributed by atoms with Crippen LogP contribution in [0.15, 0.2) is 87.3 Å². The summed E-state index contributed by atoms with van der Waals surface area (Å²) < 4.78 is 38.8. The van der Waals surface area contributed by atoms with Crippen molar-refractivity contribution in [1.29, 1.82) is 0 Å². The van der Waals surface area contributed by atoms with E-state index in [0.29, 0.717) is 27.2 Å². The van der Waals surface area contributed by atoms with Gasteiger partial charge in [-0.1, -0.05) is 36.4 Å². The number of halogens is 1. The zero-order valence-corrected chi connectivity index (χ0v) is 19.0. The molecule has 4 rings (SSSR count). The van der Waals surface area contributed by atoms with Gasteiger partial charge in [-0.05, 0) is 52.3 Å². The van der Waals surface area contributed by atoms with Crippen LogP contribution in [0.2, 0.25) is 0 Å². The normalized spacial score (nSPS) is 12.7. The van der Waals surface area contributed by atoms with Crippen LogP contribution < -0.4 is 19.2 Å². The molecule has 3 aromatic rings. The van der Waals surface area contributed by atoms with Gasteiger partial charge in [-0.3, -0.25) is 9.10 Å². The second-order valence-corrected chi connectivity index (χ2v) is 9.40. The number of fused-ring (bicyclic) bond motifs is 1. The van der Waals surface area contributed by atoms with Gasteiger partial charge in [0.25, 0.3) is 15.9 Å². The van der Waals surface area contributed by atoms with Gasteiger partial charge in [-0.15, -0.1) is 0 Å². The molecule has 0 atom stereocenters. The Kier molecular flexibility index (Phi) is 6.42. The summed E-state index contributed by atoms with van der Waals surface area (Å²) in [6, 6.07) is 19.8. The van der Waals surface area contributed by atoms with Crippen molar-refractivity contribution in [2.75, 3.05) is 17.6 Å². The highest BCUT2D eigenvalue weighted by Crippen LogP contribution is 2.36. The number of ether oxygens (including phenoxy) is 2. The Morgan fingerprint density at radius 2 is 1.66 bits per heavy atom. The summed E-state index contributed by atoms with van der Waals surface area (Å²) in [5.41, 5.74) is 3.41. The molecule has 0 aliphatic carbocycles. The van der Waals surface area contributed by atoms with Gasteiger partial charge in [-0.2, -0.15) is 5.10 Å². The number of sulfonamides is 1. The first-order valence-electron chi connectivity index (χ1n) is 9.49.